The molecule has 1 aromatic carbocycles. The van der Waals surface area contributed by atoms with E-state index in [1.54, 1.807) is 17.7 Å². The Morgan fingerprint density at radius 1 is 1.18 bits per heavy atom. The molecule has 3 N–H and O–H groups in total. The molecule has 0 fully saturated rings. The van der Waals surface area contributed by atoms with Gasteiger partial charge in [0.2, 0.25) is 5.95 Å². The molecule has 0 bridgehead atoms. The number of rotatable bonds is 11. The molecular weight excluding hydrogens is 568 g/mol. The van der Waals surface area contributed by atoms with E-state index in [9.17, 15) is 18.0 Å². The van der Waals surface area contributed by atoms with Crippen molar-refractivity contribution in [3.05, 3.63) is 68.1 Å². The first-order valence-electron chi connectivity index (χ1n) is 12.8. The first-order chi connectivity index (χ1) is 18.9. The summed E-state index contributed by atoms with van der Waals surface area (Å²) in [5.74, 6) is 0.564. The number of nitrogens with zero attached hydrogens (tertiary/aromatic N) is 2. The predicted molar refractivity (Wildman–Crippen MR) is 161 cm³/mol. The van der Waals surface area contributed by atoms with Crippen LogP contribution in [0, 0.1) is 0 Å². The number of hydrogen-bond donors (Lipinski definition) is 3. The van der Waals surface area contributed by atoms with Gasteiger partial charge in [0.05, 0.1) is 10.9 Å². The molecule has 0 saturated heterocycles. The summed E-state index contributed by atoms with van der Waals surface area (Å²) in [5, 5.41) is 15.2. The third-order valence-corrected chi connectivity index (χ3v) is 5.29. The molecule has 0 aliphatic rings. The van der Waals surface area contributed by atoms with Gasteiger partial charge in [0, 0.05) is 35.9 Å². The fourth-order valence-electron chi connectivity index (χ4n) is 3.19. The Morgan fingerprint density at radius 3 is 2.25 bits per heavy atom. The van der Waals surface area contributed by atoms with Crippen LogP contribution in [0.2, 0.25) is 5.02 Å². The fraction of sp³-hybridized carbons (Fsp3) is 0.464. The number of nitrogens with one attached hydrogen (secondary N) is 2. The molecule has 7 nitrogen and oxygen atoms in total. The number of carboxylic acid groups (broad SMARTS) is 1. The summed E-state index contributed by atoms with van der Waals surface area (Å²) < 4.78 is 30.5. The van der Waals surface area contributed by atoms with Crippen molar-refractivity contribution in [1.29, 1.82) is 0 Å². The Hall–Kier alpha value is -2.98. The zero-order chi connectivity index (χ0) is 31.3. The molecule has 0 radical (unpaired) electrons. The molecule has 0 unspecified atom stereocenters. The van der Waals surface area contributed by atoms with Gasteiger partial charge >= 0.3 is 6.68 Å². The summed E-state index contributed by atoms with van der Waals surface area (Å²) in [6.45, 7) is 11.2. The highest BCUT2D eigenvalue weighted by Crippen LogP contribution is 2.22. The van der Waals surface area contributed by atoms with Gasteiger partial charge in [-0.25, -0.2) is 4.98 Å². The lowest BCUT2D eigenvalue weighted by molar-refractivity contribution is -0.122. The van der Waals surface area contributed by atoms with E-state index in [1.165, 1.54) is 12.8 Å². The smallest absolute Gasteiger partial charge is 0.379 e. The molecule has 1 aromatic heterocycles. The second-order valence-electron chi connectivity index (χ2n) is 8.07. The molecule has 226 valence electrons. The molecule has 0 spiro atoms. The van der Waals surface area contributed by atoms with Crippen molar-refractivity contribution in [3.63, 3.8) is 0 Å². The standard InChI is InChI=1S/C24H32Cl2N4O.C2H6.CHF3.CH2O2/c1-6-7-8-9-12-27-24-29-22-18(13-19(26)14-20(22)23(31)30(24)5)15-28-21(16(2)3)11-10-17(4)25;1-2;2-1(3)4;2-1-3/h10-11,13-14,28H,2,6-9,12,15H2,1,3-5H3,(H,27,29);1-2H3;1H;1H,(H,2,3)/b17-10+,21-11+;;;. The highest BCUT2D eigenvalue weighted by atomic mass is 35.5. The van der Waals surface area contributed by atoms with Crippen LogP contribution in [0.25, 0.3) is 10.9 Å². The molecule has 0 aliphatic heterocycles. The van der Waals surface area contributed by atoms with Crippen molar-refractivity contribution in [2.75, 3.05) is 11.9 Å². The molecule has 12 heteroatoms. The van der Waals surface area contributed by atoms with Crippen molar-refractivity contribution in [2.45, 2.75) is 73.5 Å². The molecule has 0 aliphatic carbocycles. The third-order valence-electron chi connectivity index (χ3n) is 4.95. The molecule has 2 aromatic rings. The van der Waals surface area contributed by atoms with E-state index in [1.807, 2.05) is 45.9 Å². The van der Waals surface area contributed by atoms with Crippen LogP contribution in [0.1, 0.15) is 65.9 Å². The lowest BCUT2D eigenvalue weighted by Gasteiger charge is -2.15. The lowest BCUT2D eigenvalue weighted by atomic mass is 10.1. The number of halogens is 5. The van der Waals surface area contributed by atoms with Gasteiger partial charge in [-0.3, -0.25) is 14.2 Å². The van der Waals surface area contributed by atoms with Crippen LogP contribution in [-0.4, -0.2) is 34.4 Å². The number of unbranched alkanes of at least 4 members (excludes halogenated alkanes) is 3. The third kappa shape index (κ3) is 16.2. The predicted octanol–water partition coefficient (Wildman–Crippen LogP) is 8.18. The summed E-state index contributed by atoms with van der Waals surface area (Å²) in [5.41, 5.74) is 3.08. The molecule has 0 saturated carbocycles. The first kappa shape index (κ1) is 39.2. The minimum Gasteiger partial charge on any atom is -0.483 e. The summed E-state index contributed by atoms with van der Waals surface area (Å²) in [6, 6.07) is 3.52. The highest BCUT2D eigenvalue weighted by molar-refractivity contribution is 6.31. The minimum atomic E-state index is -3.67. The van der Waals surface area contributed by atoms with E-state index in [4.69, 9.17) is 38.1 Å². The van der Waals surface area contributed by atoms with Crippen molar-refractivity contribution in [3.8, 4) is 0 Å². The molecule has 0 atom stereocenters. The lowest BCUT2D eigenvalue weighted by Crippen LogP contribution is -2.24. The minimum absolute atomic E-state index is 0.124. The van der Waals surface area contributed by atoms with Crippen molar-refractivity contribution >= 4 is 46.5 Å². The monoisotopic (exact) mass is 608 g/mol. The first-order valence-corrected chi connectivity index (χ1v) is 13.5. The van der Waals surface area contributed by atoms with Gasteiger partial charge in [-0.05, 0) is 55.7 Å². The van der Waals surface area contributed by atoms with Crippen LogP contribution < -0.4 is 16.2 Å². The fourth-order valence-corrected chi connectivity index (χ4v) is 3.50. The summed E-state index contributed by atoms with van der Waals surface area (Å²) >= 11 is 12.3. The molecule has 1 heterocycles. The number of fused-ring (bicyclic) bond motifs is 1. The van der Waals surface area contributed by atoms with Crippen LogP contribution in [0.5, 0.6) is 0 Å². The van der Waals surface area contributed by atoms with E-state index in [2.05, 4.69) is 24.1 Å². The van der Waals surface area contributed by atoms with Crippen LogP contribution in [-0.2, 0) is 18.4 Å². The number of allylic oxidation sites excluding steroid dienone is 4. The SMILES string of the molecule is C=C(C)/C(=C\C=C(/C)Cl)NCc1cc(Cl)cc2c(=O)n(C)c(NCCCCCC)nc12.CC.FC(F)F.O=CO. The quantitative estimate of drug-likeness (QED) is 0.135. The number of alkyl halides is 3. The highest BCUT2D eigenvalue weighted by Gasteiger charge is 2.13. The van der Waals surface area contributed by atoms with Gasteiger partial charge < -0.3 is 15.7 Å². The van der Waals surface area contributed by atoms with Crippen molar-refractivity contribution < 1.29 is 23.1 Å². The summed E-state index contributed by atoms with van der Waals surface area (Å²) in [6.07, 6.45) is 8.28. The van der Waals surface area contributed by atoms with E-state index in [0.717, 1.165) is 36.2 Å². The maximum Gasteiger partial charge on any atom is 0.379 e. The van der Waals surface area contributed by atoms with Crippen LogP contribution in [0.15, 0.2) is 52.0 Å². The second-order valence-corrected chi connectivity index (χ2v) is 9.10. The Kier molecular flexibility index (Phi) is 22.3. The Bertz CT molecular complexity index is 1160. The molecular formula is C28H41Cl2F3N4O3. The van der Waals surface area contributed by atoms with Crippen LogP contribution in [0.4, 0.5) is 19.1 Å². The summed E-state index contributed by atoms with van der Waals surface area (Å²) in [4.78, 5) is 26.1. The van der Waals surface area contributed by atoms with Gasteiger partial charge in [-0.1, -0.05) is 69.8 Å². The van der Waals surface area contributed by atoms with E-state index in [-0.39, 0.29) is 12.0 Å². The number of hydrogen-bond acceptors (Lipinski definition) is 5. The number of benzene rings is 1. The Balaban J connectivity index is 0. The summed E-state index contributed by atoms with van der Waals surface area (Å²) in [7, 11) is 1.73. The van der Waals surface area contributed by atoms with Gasteiger partial charge in [-0.15, -0.1) is 0 Å². The largest absolute Gasteiger partial charge is 0.483 e. The number of aromatic nitrogens is 2. The topological polar surface area (TPSA) is 96.3 Å². The number of carbonyl (C=O) groups is 1. The van der Waals surface area contributed by atoms with Crippen molar-refractivity contribution in [2.24, 2.45) is 7.05 Å². The Morgan fingerprint density at radius 2 is 1.75 bits per heavy atom. The van der Waals surface area contributed by atoms with E-state index < -0.39 is 6.68 Å². The molecule has 0 amide bonds. The van der Waals surface area contributed by atoms with Crippen LogP contribution >= 0.6 is 23.2 Å². The normalized spacial score (nSPS) is 10.9. The maximum absolute atomic E-state index is 13.0. The zero-order valence-corrected chi connectivity index (χ0v) is 25.5. The average molecular weight is 610 g/mol. The Labute approximate surface area is 244 Å². The maximum atomic E-state index is 13.0. The van der Waals surface area contributed by atoms with Gasteiger partial charge in [0.25, 0.3) is 12.0 Å². The average Bonchev–Trinajstić information content (AvgIpc) is 2.88. The van der Waals surface area contributed by atoms with Gasteiger partial charge in [0.15, 0.2) is 0 Å². The second kappa shape index (κ2) is 22.8. The van der Waals surface area contributed by atoms with Crippen molar-refractivity contribution in [1.82, 2.24) is 14.9 Å². The van der Waals surface area contributed by atoms with E-state index in [0.29, 0.717) is 33.5 Å². The molecule has 40 heavy (non-hydrogen) atoms. The van der Waals surface area contributed by atoms with Gasteiger partial charge in [0.1, 0.15) is 0 Å². The van der Waals surface area contributed by atoms with E-state index >= 15 is 0 Å². The van der Waals surface area contributed by atoms with Gasteiger partial charge in [-0.2, -0.15) is 13.2 Å². The zero-order valence-electron chi connectivity index (χ0n) is 24.0. The van der Waals surface area contributed by atoms with Crippen LogP contribution in [0.3, 0.4) is 0 Å². The number of anilines is 1. The molecule has 2 rings (SSSR count).